The molecular weight excluding hydrogens is 685 g/mol. The number of allylic oxidation sites excluding steroid dienone is 11. The summed E-state index contributed by atoms with van der Waals surface area (Å²) in [5.74, 6) is 3.59. The molecule has 0 amide bonds. The zero-order valence-electron chi connectivity index (χ0n) is 31.9. The number of nitrogens with zero attached hydrogens (tertiary/aromatic N) is 1. The van der Waals surface area contributed by atoms with Crippen molar-refractivity contribution in [1.82, 2.24) is 5.32 Å². The fourth-order valence-corrected chi connectivity index (χ4v) is 15.1. The lowest BCUT2D eigenvalue weighted by Crippen LogP contribution is -2.42. The van der Waals surface area contributed by atoms with Crippen molar-refractivity contribution >= 4 is 23.2 Å². The van der Waals surface area contributed by atoms with Crippen LogP contribution in [-0.2, 0) is 5.41 Å². The monoisotopic (exact) mass is 736 g/mol. The molecule has 4 fully saturated rings. The lowest BCUT2D eigenvalue weighted by atomic mass is 9.59. The van der Waals surface area contributed by atoms with Gasteiger partial charge in [0, 0.05) is 39.4 Å². The number of thioether (sulfide) groups is 1. The molecule has 2 nitrogen and oxygen atoms in total. The smallest absolute Gasteiger partial charge is 0.129 e. The highest BCUT2D eigenvalue weighted by Crippen LogP contribution is 2.68. The van der Waals surface area contributed by atoms with Gasteiger partial charge in [-0.15, -0.1) is 11.8 Å². The summed E-state index contributed by atoms with van der Waals surface area (Å²) in [6.07, 6.45) is 35.4. The Kier molecular flexibility index (Phi) is 7.65. The Morgan fingerprint density at radius 3 is 2.25 bits per heavy atom. The number of hydrogen-bond donors (Lipinski definition) is 1. The third-order valence-corrected chi connectivity index (χ3v) is 17.3. The average Bonchev–Trinajstić information content (AvgIpc) is 3.85. The van der Waals surface area contributed by atoms with Crippen LogP contribution in [0.25, 0.3) is 5.57 Å². The van der Waals surface area contributed by atoms with Gasteiger partial charge in [0.1, 0.15) is 11.2 Å². The molecule has 3 aromatic carbocycles. The molecule has 8 unspecified atom stereocenters. The second-order valence-electron chi connectivity index (χ2n) is 18.3. The van der Waals surface area contributed by atoms with Gasteiger partial charge in [-0.25, -0.2) is 0 Å². The van der Waals surface area contributed by atoms with Gasteiger partial charge in [0.05, 0.1) is 6.04 Å². The highest BCUT2D eigenvalue weighted by molar-refractivity contribution is 8.01. The summed E-state index contributed by atoms with van der Waals surface area (Å²) in [6, 6.07) is 30.3. The predicted molar refractivity (Wildman–Crippen MR) is 229 cm³/mol. The Morgan fingerprint density at radius 2 is 1.44 bits per heavy atom. The molecule has 3 aromatic rings. The first-order valence-electron chi connectivity index (χ1n) is 21.7. The average molecular weight is 737 g/mol. The van der Waals surface area contributed by atoms with Crippen molar-refractivity contribution in [2.24, 2.45) is 34.1 Å². The van der Waals surface area contributed by atoms with Gasteiger partial charge >= 0.3 is 0 Å². The molecule has 9 aliphatic rings. The summed E-state index contributed by atoms with van der Waals surface area (Å²) in [4.78, 5) is 5.42. The maximum atomic E-state index is 5.42. The van der Waals surface area contributed by atoms with Crippen LogP contribution in [0.1, 0.15) is 110 Å². The molecule has 1 saturated heterocycles. The third kappa shape index (κ3) is 4.90. The third-order valence-electron chi connectivity index (χ3n) is 15.9. The van der Waals surface area contributed by atoms with Crippen LogP contribution in [0.3, 0.4) is 0 Å². The molecule has 0 bridgehead atoms. The molecule has 276 valence electrons. The summed E-state index contributed by atoms with van der Waals surface area (Å²) < 4.78 is 0. The largest absolute Gasteiger partial charge is 0.362 e. The first-order valence-corrected chi connectivity index (χ1v) is 22.6. The number of rotatable bonds is 3. The van der Waals surface area contributed by atoms with Crippen molar-refractivity contribution in [3.63, 3.8) is 0 Å². The minimum Gasteiger partial charge on any atom is -0.362 e. The number of fused-ring (bicyclic) bond motifs is 13. The molecule has 2 aliphatic heterocycles. The lowest BCUT2D eigenvalue weighted by Gasteiger charge is -2.44. The first-order chi connectivity index (χ1) is 27.2. The summed E-state index contributed by atoms with van der Waals surface area (Å²) >= 11 is 2.06. The second-order valence-corrected chi connectivity index (χ2v) is 19.6. The van der Waals surface area contributed by atoms with Crippen LogP contribution in [0.5, 0.6) is 0 Å². The maximum Gasteiger partial charge on any atom is 0.129 e. The number of amidine groups is 1. The van der Waals surface area contributed by atoms with Crippen LogP contribution in [0, 0.1) is 29.1 Å². The molecule has 55 heavy (non-hydrogen) atoms. The Morgan fingerprint density at radius 1 is 0.691 bits per heavy atom. The Balaban J connectivity index is 0.888. The molecule has 0 aromatic heterocycles. The van der Waals surface area contributed by atoms with E-state index in [0.717, 1.165) is 12.3 Å². The SMILES string of the molecule is C1=CCC2SC3N=C(c4ccc(C5=CC6C7=CC8c9ccccc9C9(CCCCC9)C8C=C7C7(CCCCC7)C6C=C5)cc4)NC(c4ccccc4)C3C2=C1. The first kappa shape index (κ1) is 33.1. The van der Waals surface area contributed by atoms with Crippen molar-refractivity contribution in [1.29, 1.82) is 0 Å². The summed E-state index contributed by atoms with van der Waals surface area (Å²) in [5.41, 5.74) is 14.2. The lowest BCUT2D eigenvalue weighted by molar-refractivity contribution is 0.181. The van der Waals surface area contributed by atoms with E-state index in [0.29, 0.717) is 45.7 Å². The summed E-state index contributed by atoms with van der Waals surface area (Å²) in [7, 11) is 0. The van der Waals surface area contributed by atoms with Gasteiger partial charge in [0.2, 0.25) is 0 Å². The molecule has 12 rings (SSSR count). The molecule has 3 heteroatoms. The summed E-state index contributed by atoms with van der Waals surface area (Å²) in [5, 5.41) is 4.73. The highest BCUT2D eigenvalue weighted by atomic mass is 32.2. The van der Waals surface area contributed by atoms with E-state index in [2.05, 4.69) is 145 Å². The van der Waals surface area contributed by atoms with Crippen LogP contribution in [0.15, 0.2) is 149 Å². The van der Waals surface area contributed by atoms with Crippen LogP contribution in [-0.4, -0.2) is 16.5 Å². The van der Waals surface area contributed by atoms with Crippen molar-refractivity contribution in [3.05, 3.63) is 172 Å². The van der Waals surface area contributed by atoms with Gasteiger partial charge in [0.15, 0.2) is 0 Å². The predicted octanol–water partition coefficient (Wildman–Crippen LogP) is 12.4. The van der Waals surface area contributed by atoms with Crippen molar-refractivity contribution in [2.45, 2.75) is 98.6 Å². The quantitative estimate of drug-likeness (QED) is 0.290. The molecule has 8 atom stereocenters. The summed E-state index contributed by atoms with van der Waals surface area (Å²) in [6.45, 7) is 0. The second kappa shape index (κ2) is 12.7. The number of hydrogen-bond acceptors (Lipinski definition) is 3. The van der Waals surface area contributed by atoms with Crippen molar-refractivity contribution in [2.75, 3.05) is 0 Å². The normalized spacial score (nSPS) is 34.1. The van der Waals surface area contributed by atoms with Crippen LogP contribution >= 0.6 is 11.8 Å². The van der Waals surface area contributed by atoms with E-state index in [1.165, 1.54) is 86.5 Å². The highest BCUT2D eigenvalue weighted by Gasteiger charge is 2.58. The molecular formula is C52H52N2S. The van der Waals surface area contributed by atoms with Gasteiger partial charge < -0.3 is 5.32 Å². The van der Waals surface area contributed by atoms with Crippen LogP contribution in [0.2, 0.25) is 0 Å². The molecule has 1 N–H and O–H groups in total. The van der Waals surface area contributed by atoms with Gasteiger partial charge in [-0.1, -0.05) is 166 Å². The topological polar surface area (TPSA) is 24.4 Å². The van der Waals surface area contributed by atoms with Crippen molar-refractivity contribution < 1.29 is 0 Å². The van der Waals surface area contributed by atoms with Gasteiger partial charge in [-0.3, -0.25) is 4.99 Å². The van der Waals surface area contributed by atoms with E-state index < -0.39 is 0 Å². The zero-order valence-corrected chi connectivity index (χ0v) is 32.7. The number of benzene rings is 3. The number of nitrogens with one attached hydrogen (secondary N) is 1. The van der Waals surface area contributed by atoms with Crippen LogP contribution in [0.4, 0.5) is 0 Å². The molecule has 3 saturated carbocycles. The minimum atomic E-state index is 0.217. The standard InChI is InChI=1S/C52H52N2S/c1-4-14-34(15-5-1)48-47-38-17-7-9-19-46(38)55-50(47)54-49(53-48)35-22-20-33(21-23-35)36-24-25-43-39(30-36)41-31-40-37-16-6-8-18-42(37)51(26-10-2-11-27-51)44(40)32-45(41)52(43)28-12-3-13-29-52/h1,4-9,14-18,20-25,30-32,39-40,43-44,46-48,50H,2-3,10-13,19,26-29H2,(H,53,54). The van der Waals surface area contributed by atoms with Crippen molar-refractivity contribution in [3.8, 4) is 0 Å². The van der Waals surface area contributed by atoms with Gasteiger partial charge in [-0.05, 0) is 88.5 Å². The molecule has 0 radical (unpaired) electrons. The van der Waals surface area contributed by atoms with Crippen LogP contribution < -0.4 is 5.32 Å². The Labute approximate surface area is 331 Å². The fraction of sp³-hybridized carbons (Fsp3) is 0.404. The van der Waals surface area contributed by atoms with E-state index in [4.69, 9.17) is 4.99 Å². The van der Waals surface area contributed by atoms with E-state index >= 15 is 0 Å². The van der Waals surface area contributed by atoms with E-state index in [1.807, 2.05) is 0 Å². The Bertz CT molecular complexity index is 2250. The molecule has 2 heterocycles. The van der Waals surface area contributed by atoms with E-state index in [1.54, 1.807) is 27.8 Å². The molecule has 7 aliphatic carbocycles. The zero-order chi connectivity index (χ0) is 36.1. The van der Waals surface area contributed by atoms with E-state index in [-0.39, 0.29) is 11.4 Å². The Hall–Kier alpha value is -4.08. The minimum absolute atomic E-state index is 0.217. The van der Waals surface area contributed by atoms with Gasteiger partial charge in [0.25, 0.3) is 0 Å². The molecule has 2 spiro atoms. The van der Waals surface area contributed by atoms with E-state index in [9.17, 15) is 0 Å². The maximum absolute atomic E-state index is 5.42. The van der Waals surface area contributed by atoms with Gasteiger partial charge in [-0.2, -0.15) is 0 Å². The number of aliphatic imine (C=N–C) groups is 1. The fourth-order valence-electron chi connectivity index (χ4n) is 13.5.